The molecule has 2 unspecified atom stereocenters. The number of fused-ring (bicyclic) bond motifs is 3. The van der Waals surface area contributed by atoms with Crippen LogP contribution in [-0.4, -0.2) is 40.5 Å². The minimum atomic E-state index is -1.36. The fraction of sp³-hybridized carbons (Fsp3) is 0.250. The number of pyridine rings is 1. The van der Waals surface area contributed by atoms with Gasteiger partial charge in [-0.3, -0.25) is 0 Å². The number of ether oxygens (including phenoxy) is 1. The monoisotopic (exact) mass is 437 g/mol. The van der Waals surface area contributed by atoms with Crippen molar-refractivity contribution < 1.29 is 24.1 Å². The molecule has 1 aliphatic carbocycles. The summed E-state index contributed by atoms with van der Waals surface area (Å²) in [5.41, 5.74) is 9.93. The predicted octanol–water partition coefficient (Wildman–Crippen LogP) is 3.13. The Morgan fingerprint density at radius 3 is 2.38 bits per heavy atom. The molecular formula is C24H24FN3O4. The number of nitrogens with two attached hydrogens (primary N) is 1. The number of aliphatic hydroxyl groups is 2. The van der Waals surface area contributed by atoms with E-state index in [1.165, 1.54) is 6.20 Å². The van der Waals surface area contributed by atoms with E-state index < -0.39 is 24.1 Å². The highest BCUT2D eigenvalue weighted by atomic mass is 19.1. The van der Waals surface area contributed by atoms with Crippen LogP contribution in [0.4, 0.5) is 15.0 Å². The molecule has 0 saturated heterocycles. The molecule has 5 N–H and O–H groups in total. The molecule has 3 aromatic rings. The van der Waals surface area contributed by atoms with Crippen molar-refractivity contribution in [3.63, 3.8) is 0 Å². The van der Waals surface area contributed by atoms with Gasteiger partial charge in [-0.15, -0.1) is 0 Å². The van der Waals surface area contributed by atoms with Crippen LogP contribution >= 0.6 is 0 Å². The van der Waals surface area contributed by atoms with E-state index in [2.05, 4.69) is 22.4 Å². The summed E-state index contributed by atoms with van der Waals surface area (Å²) in [7, 11) is 0. The number of halogens is 1. The number of nitrogen functional groups attached to an aromatic ring is 1. The number of carbonyl (C=O) groups excluding carboxylic acids is 1. The molecule has 0 spiro atoms. The summed E-state index contributed by atoms with van der Waals surface area (Å²) in [5.74, 6) is -1.11. The van der Waals surface area contributed by atoms with E-state index in [4.69, 9.17) is 10.5 Å². The summed E-state index contributed by atoms with van der Waals surface area (Å²) in [4.78, 5) is 15.8. The molecule has 0 saturated carbocycles. The Kier molecular flexibility index (Phi) is 6.34. The molecule has 2 aromatic carbocycles. The highest BCUT2D eigenvalue weighted by Gasteiger charge is 2.29. The summed E-state index contributed by atoms with van der Waals surface area (Å²) in [6.07, 6.45) is -1.97. The fourth-order valence-corrected chi connectivity index (χ4v) is 3.98. The van der Waals surface area contributed by atoms with Crippen LogP contribution in [0.15, 0.2) is 60.8 Å². The Hall–Kier alpha value is -3.49. The largest absolute Gasteiger partial charge is 0.449 e. The number of aromatic nitrogens is 1. The number of nitrogens with one attached hydrogen (secondary N) is 1. The smallest absolute Gasteiger partial charge is 0.407 e. The third-order valence-corrected chi connectivity index (χ3v) is 5.65. The molecule has 32 heavy (non-hydrogen) atoms. The van der Waals surface area contributed by atoms with Gasteiger partial charge in [0, 0.05) is 24.2 Å². The van der Waals surface area contributed by atoms with Gasteiger partial charge in [0.05, 0.1) is 6.10 Å². The Morgan fingerprint density at radius 2 is 1.75 bits per heavy atom. The molecule has 0 fully saturated rings. The van der Waals surface area contributed by atoms with Gasteiger partial charge in [-0.2, -0.15) is 0 Å². The lowest BCUT2D eigenvalue weighted by Gasteiger charge is -2.19. The average Bonchev–Trinajstić information content (AvgIpc) is 3.12. The topological polar surface area (TPSA) is 118 Å². The minimum Gasteiger partial charge on any atom is -0.449 e. The zero-order chi connectivity index (χ0) is 22.7. The van der Waals surface area contributed by atoms with Gasteiger partial charge >= 0.3 is 6.09 Å². The number of carbonyl (C=O) groups is 1. The summed E-state index contributed by atoms with van der Waals surface area (Å²) in [6.45, 7) is 0.251. The van der Waals surface area contributed by atoms with Crippen LogP contribution in [0.5, 0.6) is 0 Å². The normalized spacial score (nSPS) is 14.3. The third-order valence-electron chi connectivity index (χ3n) is 5.65. The number of anilines is 1. The average molecular weight is 437 g/mol. The first kappa shape index (κ1) is 21.7. The van der Waals surface area contributed by atoms with Crippen molar-refractivity contribution in [3.05, 3.63) is 83.3 Å². The number of amides is 1. The second kappa shape index (κ2) is 9.33. The molecule has 1 amide bonds. The Balaban J connectivity index is 1.28. The number of rotatable bonds is 7. The van der Waals surface area contributed by atoms with Gasteiger partial charge in [-0.05, 0) is 34.7 Å². The van der Waals surface area contributed by atoms with Crippen molar-refractivity contribution >= 4 is 11.9 Å². The lowest BCUT2D eigenvalue weighted by Crippen LogP contribution is -2.30. The standard InChI is InChI=1S/C24H24FN3O4/c25-20-11-14(12-28-23(20)26)22(30)21(29)9-10-27-24(31)32-13-19-17-7-3-1-5-15(17)16-6-2-4-8-18(16)19/h1-8,11-12,19,21-22,29-30H,9-10,13H2,(H2,26,28)(H,27,31). The lowest BCUT2D eigenvalue weighted by atomic mass is 9.98. The summed E-state index contributed by atoms with van der Waals surface area (Å²) in [5, 5.41) is 22.9. The maximum atomic E-state index is 13.5. The van der Waals surface area contributed by atoms with E-state index in [0.29, 0.717) is 0 Å². The zero-order valence-corrected chi connectivity index (χ0v) is 17.2. The minimum absolute atomic E-state index is 0.0390. The highest BCUT2D eigenvalue weighted by Crippen LogP contribution is 2.44. The Morgan fingerprint density at radius 1 is 1.12 bits per heavy atom. The van der Waals surface area contributed by atoms with Gasteiger partial charge in [0.1, 0.15) is 12.7 Å². The van der Waals surface area contributed by atoms with E-state index in [-0.39, 0.29) is 36.9 Å². The molecule has 2 atom stereocenters. The molecule has 1 heterocycles. The van der Waals surface area contributed by atoms with Crippen LogP contribution in [0.1, 0.15) is 35.1 Å². The second-order valence-electron chi connectivity index (χ2n) is 7.69. The van der Waals surface area contributed by atoms with Gasteiger partial charge in [0.15, 0.2) is 11.6 Å². The summed E-state index contributed by atoms with van der Waals surface area (Å²) < 4.78 is 18.9. The molecule has 0 aliphatic heterocycles. The van der Waals surface area contributed by atoms with Crippen molar-refractivity contribution in [3.8, 4) is 11.1 Å². The first-order valence-corrected chi connectivity index (χ1v) is 10.3. The zero-order valence-electron chi connectivity index (χ0n) is 17.2. The van der Waals surface area contributed by atoms with Gasteiger partial charge in [0.2, 0.25) is 0 Å². The molecule has 4 rings (SSSR count). The number of hydrogen-bond donors (Lipinski definition) is 4. The predicted molar refractivity (Wildman–Crippen MR) is 117 cm³/mol. The van der Waals surface area contributed by atoms with Crippen molar-refractivity contribution in [2.75, 3.05) is 18.9 Å². The van der Waals surface area contributed by atoms with E-state index in [0.717, 1.165) is 28.3 Å². The van der Waals surface area contributed by atoms with Crippen molar-refractivity contribution in [1.29, 1.82) is 0 Å². The lowest BCUT2D eigenvalue weighted by molar-refractivity contribution is 0.0133. The second-order valence-corrected chi connectivity index (χ2v) is 7.69. The Bertz CT molecular complexity index is 1080. The molecule has 1 aromatic heterocycles. The highest BCUT2D eigenvalue weighted by molar-refractivity contribution is 5.79. The van der Waals surface area contributed by atoms with Gasteiger partial charge in [-0.25, -0.2) is 14.2 Å². The number of benzene rings is 2. The van der Waals surface area contributed by atoms with Crippen molar-refractivity contribution in [2.45, 2.75) is 24.5 Å². The molecule has 0 bridgehead atoms. The van der Waals surface area contributed by atoms with Crippen LogP contribution < -0.4 is 11.1 Å². The molecule has 7 nitrogen and oxygen atoms in total. The Labute approximate surface area is 184 Å². The maximum Gasteiger partial charge on any atom is 0.407 e. The first-order chi connectivity index (χ1) is 15.5. The molecule has 8 heteroatoms. The third kappa shape index (κ3) is 4.42. The molecule has 1 aliphatic rings. The van der Waals surface area contributed by atoms with Crippen LogP contribution in [-0.2, 0) is 4.74 Å². The van der Waals surface area contributed by atoms with Crippen LogP contribution in [0, 0.1) is 5.82 Å². The SMILES string of the molecule is Nc1ncc(C(O)C(O)CCNC(=O)OCC2c3ccccc3-c3ccccc32)cc1F. The first-order valence-electron chi connectivity index (χ1n) is 10.3. The van der Waals surface area contributed by atoms with E-state index in [9.17, 15) is 19.4 Å². The van der Waals surface area contributed by atoms with Gasteiger partial charge in [-0.1, -0.05) is 48.5 Å². The number of alkyl carbamates (subject to hydrolysis) is 1. The van der Waals surface area contributed by atoms with Crippen molar-refractivity contribution in [2.24, 2.45) is 0 Å². The molecule has 0 radical (unpaired) electrons. The number of nitrogens with zero attached hydrogens (tertiary/aromatic N) is 1. The molecule has 166 valence electrons. The molecular weight excluding hydrogens is 413 g/mol. The summed E-state index contributed by atoms with van der Waals surface area (Å²) in [6, 6.07) is 17.1. The van der Waals surface area contributed by atoms with Crippen LogP contribution in [0.2, 0.25) is 0 Å². The van der Waals surface area contributed by atoms with Crippen molar-refractivity contribution in [1.82, 2.24) is 10.3 Å². The summed E-state index contributed by atoms with van der Waals surface area (Å²) >= 11 is 0. The van der Waals surface area contributed by atoms with Crippen LogP contribution in [0.3, 0.4) is 0 Å². The number of aliphatic hydroxyl groups excluding tert-OH is 2. The van der Waals surface area contributed by atoms with E-state index in [1.807, 2.05) is 36.4 Å². The fourth-order valence-electron chi connectivity index (χ4n) is 3.98. The maximum absolute atomic E-state index is 13.5. The van der Waals surface area contributed by atoms with Gasteiger partial charge < -0.3 is 26.0 Å². The van der Waals surface area contributed by atoms with E-state index >= 15 is 0 Å². The quantitative estimate of drug-likeness (QED) is 0.451. The van der Waals surface area contributed by atoms with Gasteiger partial charge in [0.25, 0.3) is 0 Å². The van der Waals surface area contributed by atoms with E-state index in [1.54, 1.807) is 0 Å². The van der Waals surface area contributed by atoms with Crippen LogP contribution in [0.25, 0.3) is 11.1 Å². The number of hydrogen-bond acceptors (Lipinski definition) is 6.